The Morgan fingerprint density at radius 3 is 2.36 bits per heavy atom. The minimum absolute atomic E-state index is 0.000223. The van der Waals surface area contributed by atoms with E-state index in [4.69, 9.17) is 23.2 Å². The lowest BCUT2D eigenvalue weighted by Gasteiger charge is -2.38. The molecule has 0 bridgehead atoms. The maximum atomic E-state index is 14.0. The highest BCUT2D eigenvalue weighted by Crippen LogP contribution is 2.33. The Labute approximate surface area is 266 Å². The zero-order valence-electron chi connectivity index (χ0n) is 25.0. The van der Waals surface area contributed by atoms with Gasteiger partial charge < -0.3 is 20.5 Å². The summed E-state index contributed by atoms with van der Waals surface area (Å²) in [5, 5.41) is 12.4. The molecule has 3 aromatic carbocycles. The molecule has 234 valence electrons. The van der Waals surface area contributed by atoms with E-state index in [2.05, 4.69) is 16.4 Å². The molecular weight excluding hydrogens is 597 g/mol. The zero-order valence-corrected chi connectivity index (χ0v) is 25.9. The first-order valence-corrected chi connectivity index (χ1v) is 14.9. The lowest BCUT2D eigenvalue weighted by atomic mass is 9.86. The molecule has 0 saturated carbocycles. The number of halogens is 3. The number of hydrogen-bond donors (Lipinski definition) is 2. The zero-order chi connectivity index (χ0) is 32.6. The number of nitrogens with one attached hydrogen (secondary N) is 1. The standard InChI is InChI=1S/C34H35F3N6OS/c1-23(2)31(30(44)16-28-19-40-22-42(28)20-26-14-12-24(17-38)13-15-26)32(39)43(33(45)41-18-25-8-4-3-5-9-25)21-27-10-6-7-11-29(27)34(35,36)37/h3-15,19,22-23,31-32H,16,18,20-21,39H2,1-2H3,(H,41,45)/t31-,32?/m1/s1. The molecule has 0 aliphatic heterocycles. The van der Waals surface area contributed by atoms with Gasteiger partial charge >= 0.3 is 6.18 Å². The summed E-state index contributed by atoms with van der Waals surface area (Å²) in [5.41, 5.74) is 9.10. The Kier molecular flexibility index (Phi) is 11.1. The van der Waals surface area contributed by atoms with Gasteiger partial charge in [-0.3, -0.25) is 4.79 Å². The Morgan fingerprint density at radius 1 is 1.04 bits per heavy atom. The van der Waals surface area contributed by atoms with Crippen LogP contribution in [0.5, 0.6) is 0 Å². The second-order valence-corrected chi connectivity index (χ2v) is 11.5. The van der Waals surface area contributed by atoms with Crippen molar-refractivity contribution in [1.82, 2.24) is 19.8 Å². The number of nitriles is 1. The van der Waals surface area contributed by atoms with Crippen LogP contribution < -0.4 is 11.1 Å². The molecule has 0 aliphatic rings. The minimum atomic E-state index is -4.58. The highest BCUT2D eigenvalue weighted by Gasteiger charge is 2.37. The Morgan fingerprint density at radius 2 is 1.71 bits per heavy atom. The largest absolute Gasteiger partial charge is 0.416 e. The number of nitrogens with two attached hydrogens (primary N) is 1. The number of rotatable bonds is 12. The maximum absolute atomic E-state index is 14.0. The summed E-state index contributed by atoms with van der Waals surface area (Å²) in [4.78, 5) is 19.7. The quantitative estimate of drug-likeness (QED) is 0.145. The van der Waals surface area contributed by atoms with E-state index in [0.29, 0.717) is 24.3 Å². The minimum Gasteiger partial charge on any atom is -0.358 e. The highest BCUT2D eigenvalue weighted by atomic mass is 32.1. The first-order valence-electron chi connectivity index (χ1n) is 14.5. The molecule has 11 heteroatoms. The van der Waals surface area contributed by atoms with Gasteiger partial charge in [0.15, 0.2) is 5.11 Å². The van der Waals surface area contributed by atoms with Crippen molar-refractivity contribution in [1.29, 1.82) is 5.26 Å². The van der Waals surface area contributed by atoms with Crippen molar-refractivity contribution in [2.24, 2.45) is 17.6 Å². The number of hydrogen-bond acceptors (Lipinski definition) is 5. The van der Waals surface area contributed by atoms with Gasteiger partial charge in [0, 0.05) is 37.9 Å². The maximum Gasteiger partial charge on any atom is 0.416 e. The third-order valence-electron chi connectivity index (χ3n) is 7.62. The average molecular weight is 633 g/mol. The summed E-state index contributed by atoms with van der Waals surface area (Å²) < 4.78 is 43.7. The molecule has 1 aromatic heterocycles. The van der Waals surface area contributed by atoms with Crippen molar-refractivity contribution in [3.8, 4) is 6.07 Å². The van der Waals surface area contributed by atoms with Crippen LogP contribution in [-0.2, 0) is 37.0 Å². The molecule has 1 unspecified atom stereocenters. The number of thiocarbonyl (C=S) groups is 1. The van der Waals surface area contributed by atoms with E-state index < -0.39 is 23.8 Å². The van der Waals surface area contributed by atoms with Gasteiger partial charge in [0.25, 0.3) is 0 Å². The van der Waals surface area contributed by atoms with Crippen LogP contribution in [0.2, 0.25) is 0 Å². The van der Waals surface area contributed by atoms with Crippen molar-refractivity contribution in [2.45, 2.75) is 52.2 Å². The first-order chi connectivity index (χ1) is 21.5. The van der Waals surface area contributed by atoms with E-state index >= 15 is 0 Å². The van der Waals surface area contributed by atoms with Gasteiger partial charge in [-0.25, -0.2) is 4.98 Å². The van der Waals surface area contributed by atoms with Gasteiger partial charge in [-0.05, 0) is 53.0 Å². The molecule has 7 nitrogen and oxygen atoms in total. The summed E-state index contributed by atoms with van der Waals surface area (Å²) in [6, 6.07) is 24.0. The fourth-order valence-electron chi connectivity index (χ4n) is 5.27. The van der Waals surface area contributed by atoms with Gasteiger partial charge in [-0.15, -0.1) is 0 Å². The van der Waals surface area contributed by atoms with E-state index in [9.17, 15) is 18.0 Å². The lowest BCUT2D eigenvalue weighted by molar-refractivity contribution is -0.138. The number of ketones is 1. The Hall–Kier alpha value is -4.53. The molecule has 0 amide bonds. The van der Waals surface area contributed by atoms with Gasteiger partial charge in [0.1, 0.15) is 5.78 Å². The molecule has 0 radical (unpaired) electrons. The van der Waals surface area contributed by atoms with Gasteiger partial charge in [-0.1, -0.05) is 74.5 Å². The monoisotopic (exact) mass is 632 g/mol. The summed E-state index contributed by atoms with van der Waals surface area (Å²) >= 11 is 5.71. The molecule has 0 aliphatic carbocycles. The number of nitrogens with zero attached hydrogens (tertiary/aromatic N) is 4. The molecule has 0 saturated heterocycles. The van der Waals surface area contributed by atoms with Crippen molar-refractivity contribution in [2.75, 3.05) is 0 Å². The van der Waals surface area contributed by atoms with Crippen molar-refractivity contribution in [3.63, 3.8) is 0 Å². The molecular formula is C34H35F3N6OS. The molecule has 1 heterocycles. The number of carbonyl (C=O) groups excluding carboxylic acids is 1. The van der Waals surface area contributed by atoms with Crippen LogP contribution in [0.3, 0.4) is 0 Å². The van der Waals surface area contributed by atoms with Crippen LogP contribution in [0.25, 0.3) is 0 Å². The molecule has 0 spiro atoms. The van der Waals surface area contributed by atoms with Crippen molar-refractivity contribution in [3.05, 3.63) is 125 Å². The van der Waals surface area contributed by atoms with Crippen molar-refractivity contribution >= 4 is 23.1 Å². The predicted molar refractivity (Wildman–Crippen MR) is 170 cm³/mol. The van der Waals surface area contributed by atoms with Crippen LogP contribution in [0.15, 0.2) is 91.4 Å². The van der Waals surface area contributed by atoms with Crippen LogP contribution >= 0.6 is 12.2 Å². The third kappa shape index (κ3) is 8.77. The smallest absolute Gasteiger partial charge is 0.358 e. The van der Waals surface area contributed by atoms with Crippen molar-refractivity contribution < 1.29 is 18.0 Å². The fourth-order valence-corrected chi connectivity index (χ4v) is 5.53. The van der Waals surface area contributed by atoms with E-state index in [1.165, 1.54) is 23.1 Å². The number of alkyl halides is 3. The van der Waals surface area contributed by atoms with E-state index in [0.717, 1.165) is 17.2 Å². The summed E-state index contributed by atoms with van der Waals surface area (Å²) in [5.74, 6) is -1.20. The number of Topliss-reactive ketones (excluding diaryl/α,β-unsaturated/α-hetero) is 1. The fraction of sp³-hybridized carbons (Fsp3) is 0.294. The average Bonchev–Trinajstić information content (AvgIpc) is 3.44. The molecule has 4 aromatic rings. The van der Waals surface area contributed by atoms with Gasteiger partial charge in [0.05, 0.1) is 35.6 Å². The molecule has 0 fully saturated rings. The first kappa shape index (κ1) is 33.4. The highest BCUT2D eigenvalue weighted by molar-refractivity contribution is 7.80. The third-order valence-corrected chi connectivity index (χ3v) is 8.00. The number of carbonyl (C=O) groups is 1. The van der Waals surface area contributed by atoms with Crippen LogP contribution in [-0.4, -0.2) is 31.5 Å². The van der Waals surface area contributed by atoms with E-state index in [-0.39, 0.29) is 35.3 Å². The SMILES string of the molecule is CC(C)[C@H](C(=O)Cc1cncn1Cc1ccc(C#N)cc1)C(N)N(Cc1ccccc1C(F)(F)F)C(=S)NCc1ccccc1. The lowest BCUT2D eigenvalue weighted by Crippen LogP contribution is -2.56. The number of aromatic nitrogens is 2. The van der Waals surface area contributed by atoms with Crippen LogP contribution in [0, 0.1) is 23.2 Å². The Balaban J connectivity index is 1.59. The normalized spacial score (nSPS) is 12.8. The second kappa shape index (κ2) is 15.0. The molecule has 45 heavy (non-hydrogen) atoms. The summed E-state index contributed by atoms with van der Waals surface area (Å²) in [6.45, 7) is 4.25. The number of imidazole rings is 1. The van der Waals surface area contributed by atoms with Crippen LogP contribution in [0.1, 0.15) is 47.4 Å². The molecule has 2 atom stereocenters. The van der Waals surface area contributed by atoms with Crippen LogP contribution in [0.4, 0.5) is 13.2 Å². The van der Waals surface area contributed by atoms with Gasteiger partial charge in [-0.2, -0.15) is 18.4 Å². The summed E-state index contributed by atoms with van der Waals surface area (Å²) in [7, 11) is 0. The number of benzene rings is 3. The predicted octanol–water partition coefficient (Wildman–Crippen LogP) is 6.07. The molecule has 3 N–H and O–H groups in total. The second-order valence-electron chi connectivity index (χ2n) is 11.2. The topological polar surface area (TPSA) is 100.0 Å². The van der Waals surface area contributed by atoms with E-state index in [1.54, 1.807) is 24.7 Å². The molecule has 4 rings (SSSR count). The van der Waals surface area contributed by atoms with E-state index in [1.807, 2.05) is 60.9 Å². The Bertz CT molecular complexity index is 1630. The summed E-state index contributed by atoms with van der Waals surface area (Å²) in [6.07, 6.45) is -2.33. The van der Waals surface area contributed by atoms with Gasteiger partial charge in [0.2, 0.25) is 0 Å².